The Morgan fingerprint density at radius 2 is 0.926 bits per heavy atom. The van der Waals surface area contributed by atoms with Gasteiger partial charge in [0.2, 0.25) is 0 Å². The molecule has 0 saturated heterocycles. The van der Waals surface area contributed by atoms with E-state index in [1.54, 1.807) is 0 Å². The van der Waals surface area contributed by atoms with Gasteiger partial charge in [0, 0.05) is 62.2 Å². The van der Waals surface area contributed by atoms with Crippen LogP contribution in [0.2, 0.25) is 0 Å². The van der Waals surface area contributed by atoms with Crippen molar-refractivity contribution in [3.63, 3.8) is 0 Å². The van der Waals surface area contributed by atoms with E-state index in [0.29, 0.717) is 0 Å². The molecule has 0 N–H and O–H groups in total. The number of aryl methyl sites for hydroxylation is 2. The van der Waals surface area contributed by atoms with Crippen LogP contribution in [0.4, 0.5) is 34.1 Å². The molecule has 5 heterocycles. The van der Waals surface area contributed by atoms with Gasteiger partial charge >= 0.3 is 0 Å². The van der Waals surface area contributed by atoms with Crippen molar-refractivity contribution in [2.45, 2.75) is 13.8 Å². The number of rotatable bonds is 4. The number of ether oxygens (including phenoxy) is 1. The van der Waals surface area contributed by atoms with Gasteiger partial charge < -0.3 is 19.1 Å². The molecule has 0 spiro atoms. The number of fused-ring (bicyclic) bond motifs is 11. The lowest BCUT2D eigenvalue weighted by Gasteiger charge is -2.43. The van der Waals surface area contributed by atoms with Crippen LogP contribution in [-0.4, -0.2) is 18.0 Å². The molecule has 0 bridgehead atoms. The lowest BCUT2D eigenvalue weighted by Crippen LogP contribution is -2.64. The minimum absolute atomic E-state index is 0.0457. The first-order valence-electron chi connectivity index (χ1n) is 23.7. The molecule has 6 heteroatoms. The van der Waals surface area contributed by atoms with Gasteiger partial charge in [-0.2, -0.15) is 0 Å². The molecule has 1 aromatic heterocycles. The molecule has 4 aliphatic heterocycles. The first-order chi connectivity index (χ1) is 33.6. The second kappa shape index (κ2) is 14.0. The Labute approximate surface area is 396 Å². The Balaban J connectivity index is 1.05. The monoisotopic (exact) mass is 865 g/mol. The molecule has 0 saturated carbocycles. The van der Waals surface area contributed by atoms with Gasteiger partial charge in [0.25, 0.3) is 13.4 Å². The van der Waals surface area contributed by atoms with Crippen LogP contribution in [0.3, 0.4) is 0 Å². The van der Waals surface area contributed by atoms with Gasteiger partial charge in [-0.25, -0.2) is 0 Å². The lowest BCUT2D eigenvalue weighted by atomic mass is 9.30. The van der Waals surface area contributed by atoms with Crippen molar-refractivity contribution in [1.29, 1.82) is 0 Å². The number of anilines is 6. The number of nitrogens with zero attached hydrogens (tertiary/aromatic N) is 3. The Morgan fingerprint density at radius 3 is 1.66 bits per heavy atom. The largest absolute Gasteiger partial charge is 0.458 e. The molecule has 11 aromatic rings. The van der Waals surface area contributed by atoms with E-state index in [0.717, 1.165) is 39.8 Å². The van der Waals surface area contributed by atoms with E-state index >= 15 is 0 Å². The average Bonchev–Trinajstić information content (AvgIpc) is 3.72. The molecule has 0 fully saturated rings. The zero-order valence-electron chi connectivity index (χ0n) is 37.6. The van der Waals surface area contributed by atoms with Crippen LogP contribution in [0.25, 0.3) is 49.7 Å². The quantitative estimate of drug-likeness (QED) is 0.164. The predicted octanol–water partition coefficient (Wildman–Crippen LogP) is 11.8. The zero-order valence-corrected chi connectivity index (χ0v) is 37.6. The summed E-state index contributed by atoms with van der Waals surface area (Å²) in [6.07, 6.45) is 0. The van der Waals surface area contributed by atoms with Gasteiger partial charge in [0.15, 0.2) is 0 Å². The van der Waals surface area contributed by atoms with Crippen LogP contribution in [0.5, 0.6) is 11.5 Å². The van der Waals surface area contributed by atoms with Gasteiger partial charge in [0.05, 0.1) is 5.52 Å². The van der Waals surface area contributed by atoms with Crippen LogP contribution < -0.4 is 47.3 Å². The molecule has 0 atom stereocenters. The molecule has 0 radical (unpaired) electrons. The maximum atomic E-state index is 7.48. The molecule has 0 unspecified atom stereocenters. The highest BCUT2D eigenvalue weighted by Gasteiger charge is 2.47. The first kappa shape index (κ1) is 37.7. The topological polar surface area (TPSA) is 20.6 Å². The number of aromatic nitrogens is 1. The van der Waals surface area contributed by atoms with Crippen LogP contribution in [0.15, 0.2) is 212 Å². The van der Waals surface area contributed by atoms with Crippen molar-refractivity contribution in [3.8, 4) is 39.4 Å². The van der Waals surface area contributed by atoms with Crippen LogP contribution in [0.1, 0.15) is 11.1 Å². The molecule has 4 aliphatic rings. The maximum absolute atomic E-state index is 7.48. The fraction of sp³-hybridized carbons (Fsp3) is 0.0323. The molecular formula is C62H41B2N3O. The molecule has 10 aromatic carbocycles. The molecule has 0 aliphatic carbocycles. The van der Waals surface area contributed by atoms with Gasteiger partial charge in [-0.3, -0.25) is 0 Å². The summed E-state index contributed by atoms with van der Waals surface area (Å²) in [6, 6.07) is 78.7. The second-order valence-electron chi connectivity index (χ2n) is 18.9. The summed E-state index contributed by atoms with van der Waals surface area (Å²) in [5, 5.41) is 2.55. The van der Waals surface area contributed by atoms with E-state index in [-0.39, 0.29) is 13.4 Å². The summed E-state index contributed by atoms with van der Waals surface area (Å²) in [5.41, 5.74) is 25.5. The summed E-state index contributed by atoms with van der Waals surface area (Å²) in [5.74, 6) is 1.78. The fourth-order valence-electron chi connectivity index (χ4n) is 12.4. The van der Waals surface area contributed by atoms with Gasteiger partial charge in [0.1, 0.15) is 11.5 Å². The number of hydrogen-bond acceptors (Lipinski definition) is 3. The van der Waals surface area contributed by atoms with Crippen molar-refractivity contribution in [3.05, 3.63) is 223 Å². The van der Waals surface area contributed by atoms with E-state index in [9.17, 15) is 0 Å². The SMILES string of the molecule is Cc1ccccc1-c1cc2c3c(c1)N(c1ccccc1)c1ccccc1B3c1cc3c(cc1O2)N(c1ccccc1)c1cc(-c2ccccc2C)cc2c1B3c1cccc3c4ccccc4n-2c13. The normalized spacial score (nSPS) is 13.4. The summed E-state index contributed by atoms with van der Waals surface area (Å²) in [6.45, 7) is 4.31. The van der Waals surface area contributed by atoms with Crippen molar-refractivity contribution in [2.75, 3.05) is 9.80 Å². The number of benzene rings is 10. The first-order valence-corrected chi connectivity index (χ1v) is 23.7. The molecule has 0 amide bonds. The molecule has 4 nitrogen and oxygen atoms in total. The minimum atomic E-state index is -0.0727. The van der Waals surface area contributed by atoms with Crippen molar-refractivity contribution in [1.82, 2.24) is 4.57 Å². The van der Waals surface area contributed by atoms with Crippen LogP contribution in [0, 0.1) is 13.8 Å². The Morgan fingerprint density at radius 1 is 0.368 bits per heavy atom. The Hall–Kier alpha value is -8.47. The van der Waals surface area contributed by atoms with E-state index < -0.39 is 0 Å². The third-order valence-corrected chi connectivity index (χ3v) is 15.3. The minimum Gasteiger partial charge on any atom is -0.458 e. The molecule has 68 heavy (non-hydrogen) atoms. The van der Waals surface area contributed by atoms with E-state index in [1.807, 2.05) is 0 Å². The van der Waals surface area contributed by atoms with Gasteiger partial charge in [-0.05, 0) is 141 Å². The predicted molar refractivity (Wildman–Crippen MR) is 286 cm³/mol. The van der Waals surface area contributed by atoms with Crippen LogP contribution in [-0.2, 0) is 0 Å². The molecule has 316 valence electrons. The summed E-state index contributed by atoms with van der Waals surface area (Å²) in [7, 11) is 0. The summed E-state index contributed by atoms with van der Waals surface area (Å²) >= 11 is 0. The smallest absolute Gasteiger partial charge is 0.256 e. The Bertz CT molecular complexity index is 3950. The van der Waals surface area contributed by atoms with Gasteiger partial charge in [-0.15, -0.1) is 0 Å². The Kier molecular flexibility index (Phi) is 7.78. The van der Waals surface area contributed by atoms with Crippen LogP contribution >= 0.6 is 0 Å². The highest BCUT2D eigenvalue weighted by atomic mass is 16.5. The molecule has 15 rings (SSSR count). The highest BCUT2D eigenvalue weighted by molar-refractivity contribution is 7.02. The number of hydrogen-bond donors (Lipinski definition) is 0. The summed E-state index contributed by atoms with van der Waals surface area (Å²) < 4.78 is 10.0. The maximum Gasteiger partial charge on any atom is 0.256 e. The van der Waals surface area contributed by atoms with Crippen molar-refractivity contribution >= 4 is 102 Å². The molecular weight excluding hydrogens is 824 g/mol. The number of para-hydroxylation sites is 5. The van der Waals surface area contributed by atoms with Gasteiger partial charge in [-0.1, -0.05) is 146 Å². The van der Waals surface area contributed by atoms with Crippen molar-refractivity contribution < 1.29 is 4.74 Å². The van der Waals surface area contributed by atoms with E-state index in [2.05, 4.69) is 241 Å². The second-order valence-corrected chi connectivity index (χ2v) is 18.9. The summed E-state index contributed by atoms with van der Waals surface area (Å²) in [4.78, 5) is 4.97. The standard InChI is InChI=1S/C62H41B2N3O/c1-38-18-9-11-24-44(38)40-32-55-60-56(33-40)67-52-30-15-13-26-46(52)47-27-17-29-49(62(47)67)64(60)50-36-51-58(37-54(50)66(55)43-22-7-4-8-23-43)68-59-35-41(45-25-12-10-19-39(45)2)34-57-61(59)63(51)48-28-14-16-31-53(48)65(57)42-20-5-3-6-21-42/h3-37H,1-2H3. The zero-order chi connectivity index (χ0) is 44.8. The average molecular weight is 866 g/mol. The van der Waals surface area contributed by atoms with E-state index in [4.69, 9.17) is 4.74 Å². The third kappa shape index (κ3) is 5.12. The third-order valence-electron chi connectivity index (χ3n) is 15.3. The highest BCUT2D eigenvalue weighted by Crippen LogP contribution is 2.47. The lowest BCUT2D eigenvalue weighted by molar-refractivity contribution is 0.488. The van der Waals surface area contributed by atoms with Crippen molar-refractivity contribution in [2.24, 2.45) is 0 Å². The van der Waals surface area contributed by atoms with E-state index in [1.165, 1.54) is 99.5 Å². The fourth-order valence-corrected chi connectivity index (χ4v) is 12.4.